The number of hydrogen-bond acceptors (Lipinski definition) is 9. The highest BCUT2D eigenvalue weighted by atomic mass is 35.5. The fourth-order valence-corrected chi connectivity index (χ4v) is 5.30. The van der Waals surface area contributed by atoms with E-state index in [1.807, 2.05) is 42.6 Å². The Morgan fingerprint density at radius 2 is 2.02 bits per heavy atom. The van der Waals surface area contributed by atoms with E-state index < -0.39 is 0 Å². The van der Waals surface area contributed by atoms with Crippen molar-refractivity contribution in [3.8, 4) is 5.75 Å². The number of fused-ring (bicyclic) bond motifs is 1. The summed E-state index contributed by atoms with van der Waals surface area (Å²) in [6.07, 6.45) is 11.6. The van der Waals surface area contributed by atoms with Crippen LogP contribution in [0.3, 0.4) is 0 Å². The number of imidazole rings is 1. The number of halogens is 1. The molecule has 4 heterocycles. The number of rotatable bonds is 12. The lowest BCUT2D eigenvalue weighted by Gasteiger charge is -2.17. The molecule has 11 nitrogen and oxygen atoms in total. The number of nitrogens with two attached hydrogens (primary N) is 1. The smallest absolute Gasteiger partial charge is 0.274 e. The molecule has 1 aromatic carbocycles. The molecule has 6 rings (SSSR count). The summed E-state index contributed by atoms with van der Waals surface area (Å²) in [6.45, 7) is 3.69. The fourth-order valence-electron chi connectivity index (χ4n) is 5.00. The third kappa shape index (κ3) is 6.43. The highest BCUT2D eigenvalue weighted by molar-refractivity contribution is 6.36. The number of pyridine rings is 2. The number of ether oxygens (including phenoxy) is 2. The zero-order chi connectivity index (χ0) is 30.6. The molecule has 3 N–H and O–H groups in total. The van der Waals surface area contributed by atoms with Gasteiger partial charge >= 0.3 is 0 Å². The Balaban J connectivity index is 1.23. The summed E-state index contributed by atoms with van der Waals surface area (Å²) in [7, 11) is 1.80. The average molecular weight is 613 g/mol. The molecule has 1 aliphatic rings. The summed E-state index contributed by atoms with van der Waals surface area (Å²) in [5.74, 6) is 1.55. The van der Waals surface area contributed by atoms with Gasteiger partial charge in [-0.1, -0.05) is 48.9 Å². The van der Waals surface area contributed by atoms with E-state index >= 15 is 0 Å². The minimum absolute atomic E-state index is 0.130. The first-order chi connectivity index (χ1) is 21.4. The number of aryl methyl sites for hydroxylation is 1. The van der Waals surface area contributed by atoms with Gasteiger partial charge in [-0.3, -0.25) is 9.78 Å². The predicted molar refractivity (Wildman–Crippen MR) is 170 cm³/mol. The second-order valence-electron chi connectivity index (χ2n) is 11.0. The molecule has 0 bridgehead atoms. The van der Waals surface area contributed by atoms with Gasteiger partial charge in [0.15, 0.2) is 17.2 Å². The van der Waals surface area contributed by atoms with Crippen LogP contribution in [0.5, 0.6) is 5.75 Å². The van der Waals surface area contributed by atoms with Gasteiger partial charge in [-0.05, 0) is 41.9 Å². The Morgan fingerprint density at radius 1 is 1.20 bits per heavy atom. The number of nitrogens with one attached hydrogen (secondary N) is 1. The summed E-state index contributed by atoms with van der Waals surface area (Å²) < 4.78 is 15.4. The Kier molecular flexibility index (Phi) is 8.58. The van der Waals surface area contributed by atoms with Crippen LogP contribution in [0.1, 0.15) is 42.5 Å². The van der Waals surface area contributed by atoms with Crippen LogP contribution in [0.25, 0.3) is 16.9 Å². The Bertz CT molecular complexity index is 1850. The average Bonchev–Trinajstić information content (AvgIpc) is 3.84. The lowest BCUT2D eigenvalue weighted by Crippen LogP contribution is -2.27. The van der Waals surface area contributed by atoms with Crippen LogP contribution in [0.2, 0.25) is 5.02 Å². The minimum atomic E-state index is -0.138. The van der Waals surface area contributed by atoms with E-state index in [0.29, 0.717) is 54.2 Å². The number of nitrogens with zero attached hydrogens (tertiary/aromatic N) is 6. The third-order valence-corrected chi connectivity index (χ3v) is 7.78. The van der Waals surface area contributed by atoms with Gasteiger partial charge in [0.25, 0.3) is 5.56 Å². The molecule has 0 aliphatic heterocycles. The van der Waals surface area contributed by atoms with E-state index in [0.717, 1.165) is 24.0 Å². The van der Waals surface area contributed by atoms with Crippen molar-refractivity contribution in [1.29, 1.82) is 0 Å². The van der Waals surface area contributed by atoms with Gasteiger partial charge in [-0.2, -0.15) is 4.98 Å². The van der Waals surface area contributed by atoms with Crippen LogP contribution in [-0.4, -0.2) is 35.7 Å². The normalized spacial score (nSPS) is 14.1. The topological polar surface area (TPSA) is 135 Å². The molecule has 0 radical (unpaired) electrons. The molecule has 226 valence electrons. The van der Waals surface area contributed by atoms with Crippen LogP contribution < -0.4 is 21.3 Å². The number of aromatic nitrogens is 6. The van der Waals surface area contributed by atoms with Crippen molar-refractivity contribution in [1.82, 2.24) is 29.1 Å². The number of benzene rings is 1. The molecule has 44 heavy (non-hydrogen) atoms. The minimum Gasteiger partial charge on any atom is -0.450 e. The van der Waals surface area contributed by atoms with Crippen molar-refractivity contribution in [3.05, 3.63) is 106 Å². The first-order valence-corrected chi connectivity index (χ1v) is 14.8. The van der Waals surface area contributed by atoms with Gasteiger partial charge in [0.2, 0.25) is 5.95 Å². The van der Waals surface area contributed by atoms with Gasteiger partial charge < -0.3 is 29.7 Å². The number of hydrogen-bond donors (Lipinski definition) is 2. The van der Waals surface area contributed by atoms with Crippen molar-refractivity contribution in [3.63, 3.8) is 0 Å². The molecule has 1 saturated carbocycles. The van der Waals surface area contributed by atoms with Crippen molar-refractivity contribution < 1.29 is 9.47 Å². The van der Waals surface area contributed by atoms with Crippen LogP contribution in [0, 0.1) is 5.92 Å². The van der Waals surface area contributed by atoms with Crippen LogP contribution >= 0.6 is 11.6 Å². The van der Waals surface area contributed by atoms with Crippen molar-refractivity contribution >= 4 is 40.2 Å². The zero-order valence-corrected chi connectivity index (χ0v) is 25.2. The van der Waals surface area contributed by atoms with E-state index in [9.17, 15) is 4.79 Å². The van der Waals surface area contributed by atoms with Crippen molar-refractivity contribution in [2.45, 2.75) is 38.8 Å². The quantitative estimate of drug-likeness (QED) is 0.178. The molecular formula is C32H33ClN8O3. The van der Waals surface area contributed by atoms with E-state index in [-0.39, 0.29) is 28.0 Å². The summed E-state index contributed by atoms with van der Waals surface area (Å²) >= 11 is 6.79. The van der Waals surface area contributed by atoms with Crippen LogP contribution in [-0.2, 0) is 24.9 Å². The lowest BCUT2D eigenvalue weighted by atomic mass is 10.1. The summed E-state index contributed by atoms with van der Waals surface area (Å²) in [6, 6.07) is 12.0. The van der Waals surface area contributed by atoms with Crippen molar-refractivity contribution in [2.75, 3.05) is 11.9 Å². The Hall–Kier alpha value is -4.74. The zero-order valence-electron chi connectivity index (χ0n) is 24.5. The van der Waals surface area contributed by atoms with Gasteiger partial charge in [-0.15, -0.1) is 0 Å². The molecule has 1 atom stereocenters. The number of anilines is 2. The second-order valence-corrected chi connectivity index (χ2v) is 11.4. The largest absolute Gasteiger partial charge is 0.450 e. The fraction of sp³-hybridized carbons (Fsp3) is 0.281. The maximum Gasteiger partial charge on any atom is 0.274 e. The molecule has 0 amide bonds. The lowest BCUT2D eigenvalue weighted by molar-refractivity contribution is 0.0865. The van der Waals surface area contributed by atoms with Crippen LogP contribution in [0.15, 0.2) is 78.4 Å². The van der Waals surface area contributed by atoms with Gasteiger partial charge in [0.05, 0.1) is 25.6 Å². The molecule has 1 aliphatic carbocycles. The van der Waals surface area contributed by atoms with Crippen molar-refractivity contribution in [2.24, 2.45) is 18.7 Å². The monoisotopic (exact) mass is 612 g/mol. The van der Waals surface area contributed by atoms with E-state index in [4.69, 9.17) is 26.8 Å². The third-order valence-electron chi connectivity index (χ3n) is 7.42. The highest BCUT2D eigenvalue weighted by Gasteiger charge is 2.26. The standard InChI is InChI=1S/C32H33ClN8O3/c1-20(18-43-19-21-6-4-3-5-7-21)16-41-17-23(22-8-9-22)12-24(31(41)42)38-32-39-30-29(40(32)2)28(33)27(15-37-30)44-26(13-34)25-14-35-10-11-36-25/h3-7,10-15,17,20,22H,8-9,16,18-19,34H2,1-2H3,(H,37,38,39). The molecule has 12 heteroatoms. The summed E-state index contributed by atoms with van der Waals surface area (Å²) in [5, 5.41) is 3.54. The van der Waals surface area contributed by atoms with Gasteiger partial charge in [-0.25, -0.2) is 9.97 Å². The molecule has 1 fully saturated rings. The molecule has 0 saturated heterocycles. The molecule has 1 unspecified atom stereocenters. The molecular weight excluding hydrogens is 580 g/mol. The second kappa shape index (κ2) is 12.9. The Morgan fingerprint density at radius 3 is 2.75 bits per heavy atom. The highest BCUT2D eigenvalue weighted by Crippen LogP contribution is 2.40. The summed E-state index contributed by atoms with van der Waals surface area (Å²) in [4.78, 5) is 31.0. The predicted octanol–water partition coefficient (Wildman–Crippen LogP) is 5.38. The SMILES string of the molecule is CC(COCc1ccccc1)Cn1cc(C2CC2)cc(Nc2nc3ncc(OC(=CN)c4cnccn4)c(Cl)c3n2C)c1=O. The first-order valence-electron chi connectivity index (χ1n) is 14.4. The molecule has 0 spiro atoms. The summed E-state index contributed by atoms with van der Waals surface area (Å²) in [5.41, 5.74) is 9.72. The van der Waals surface area contributed by atoms with E-state index in [1.54, 1.807) is 22.4 Å². The van der Waals surface area contributed by atoms with E-state index in [1.165, 1.54) is 24.8 Å². The molecule has 4 aromatic heterocycles. The van der Waals surface area contributed by atoms with E-state index in [2.05, 4.69) is 32.2 Å². The van der Waals surface area contributed by atoms with Gasteiger partial charge in [0, 0.05) is 38.4 Å². The molecule has 5 aromatic rings. The van der Waals surface area contributed by atoms with Crippen LogP contribution in [0.4, 0.5) is 11.6 Å². The maximum atomic E-state index is 13.7. The maximum absolute atomic E-state index is 13.7. The first kappa shape index (κ1) is 29.3. The Labute approximate surface area is 259 Å². The van der Waals surface area contributed by atoms with Gasteiger partial charge in [0.1, 0.15) is 21.9 Å².